The summed E-state index contributed by atoms with van der Waals surface area (Å²) in [5.74, 6) is -0.210. The van der Waals surface area contributed by atoms with Crippen LogP contribution in [0.4, 0.5) is 4.39 Å². The summed E-state index contributed by atoms with van der Waals surface area (Å²) in [5, 5.41) is 3.75. The summed E-state index contributed by atoms with van der Waals surface area (Å²) in [7, 11) is 1.86. The Morgan fingerprint density at radius 2 is 1.94 bits per heavy atom. The van der Waals surface area contributed by atoms with Crippen molar-refractivity contribution >= 4 is 11.6 Å². The van der Waals surface area contributed by atoms with E-state index in [-0.39, 0.29) is 5.82 Å². The normalized spacial score (nSPS) is 10.7. The predicted molar refractivity (Wildman–Crippen MR) is 74.3 cm³/mol. The maximum atomic E-state index is 13.8. The van der Waals surface area contributed by atoms with Gasteiger partial charge in [0.2, 0.25) is 0 Å². The fourth-order valence-electron chi connectivity index (χ4n) is 1.93. The van der Waals surface area contributed by atoms with Gasteiger partial charge in [0.05, 0.1) is 0 Å². The standard InChI is InChI=1S/C15H15ClFN/c1-10-3-6-15(17)13(7-10)11-4-5-14(16)12(8-11)9-18-2/h3-8,18H,9H2,1-2H3. The van der Waals surface area contributed by atoms with Crippen molar-refractivity contribution in [1.82, 2.24) is 5.32 Å². The largest absolute Gasteiger partial charge is 0.316 e. The van der Waals surface area contributed by atoms with Crippen molar-refractivity contribution in [3.05, 3.63) is 58.4 Å². The Labute approximate surface area is 112 Å². The number of hydrogen-bond donors (Lipinski definition) is 1. The summed E-state index contributed by atoms with van der Waals surface area (Å²) in [5.41, 5.74) is 3.48. The zero-order chi connectivity index (χ0) is 13.1. The molecule has 2 rings (SSSR count). The summed E-state index contributed by atoms with van der Waals surface area (Å²) in [4.78, 5) is 0. The molecule has 0 spiro atoms. The van der Waals surface area contributed by atoms with Crippen molar-refractivity contribution in [2.75, 3.05) is 7.05 Å². The molecular weight excluding hydrogens is 249 g/mol. The van der Waals surface area contributed by atoms with E-state index in [1.165, 1.54) is 6.07 Å². The highest BCUT2D eigenvalue weighted by molar-refractivity contribution is 6.31. The van der Waals surface area contributed by atoms with Gasteiger partial charge in [-0.3, -0.25) is 0 Å². The molecule has 0 saturated heterocycles. The van der Waals surface area contributed by atoms with E-state index in [1.807, 2.05) is 38.2 Å². The lowest BCUT2D eigenvalue weighted by Gasteiger charge is -2.09. The average molecular weight is 264 g/mol. The fraction of sp³-hybridized carbons (Fsp3) is 0.200. The molecule has 94 valence electrons. The molecule has 0 aliphatic carbocycles. The van der Waals surface area contributed by atoms with Crippen LogP contribution in [0.25, 0.3) is 11.1 Å². The molecule has 0 amide bonds. The van der Waals surface area contributed by atoms with E-state index in [0.29, 0.717) is 17.1 Å². The van der Waals surface area contributed by atoms with E-state index < -0.39 is 0 Å². The van der Waals surface area contributed by atoms with Gasteiger partial charge in [0.15, 0.2) is 0 Å². The third kappa shape index (κ3) is 2.71. The summed E-state index contributed by atoms with van der Waals surface area (Å²) in [6.45, 7) is 2.62. The minimum absolute atomic E-state index is 0.210. The molecule has 0 atom stereocenters. The highest BCUT2D eigenvalue weighted by atomic mass is 35.5. The number of nitrogens with one attached hydrogen (secondary N) is 1. The molecule has 0 aromatic heterocycles. The molecule has 0 aliphatic heterocycles. The maximum Gasteiger partial charge on any atom is 0.131 e. The van der Waals surface area contributed by atoms with Gasteiger partial charge in [-0.25, -0.2) is 4.39 Å². The van der Waals surface area contributed by atoms with E-state index in [4.69, 9.17) is 11.6 Å². The SMILES string of the molecule is CNCc1cc(-c2cc(C)ccc2F)ccc1Cl. The van der Waals surface area contributed by atoms with Crippen molar-refractivity contribution in [3.63, 3.8) is 0 Å². The Morgan fingerprint density at radius 1 is 1.17 bits per heavy atom. The van der Waals surface area contributed by atoms with Crippen LogP contribution in [-0.4, -0.2) is 7.05 Å². The quantitative estimate of drug-likeness (QED) is 0.876. The predicted octanol–water partition coefficient (Wildman–Crippen LogP) is 4.17. The van der Waals surface area contributed by atoms with Gasteiger partial charge in [-0.15, -0.1) is 0 Å². The Morgan fingerprint density at radius 3 is 2.67 bits per heavy atom. The van der Waals surface area contributed by atoms with Gasteiger partial charge in [0.25, 0.3) is 0 Å². The third-order valence-corrected chi connectivity index (χ3v) is 3.21. The zero-order valence-corrected chi connectivity index (χ0v) is 11.2. The van der Waals surface area contributed by atoms with Crippen LogP contribution in [0, 0.1) is 12.7 Å². The molecule has 0 aliphatic rings. The molecule has 1 N–H and O–H groups in total. The van der Waals surface area contributed by atoms with Crippen LogP contribution in [0.15, 0.2) is 36.4 Å². The second-order valence-electron chi connectivity index (χ2n) is 4.32. The van der Waals surface area contributed by atoms with Gasteiger partial charge in [-0.2, -0.15) is 0 Å². The van der Waals surface area contributed by atoms with Gasteiger partial charge in [-0.1, -0.05) is 29.3 Å². The van der Waals surface area contributed by atoms with E-state index in [2.05, 4.69) is 5.32 Å². The summed E-state index contributed by atoms with van der Waals surface area (Å²) >= 11 is 6.10. The lowest BCUT2D eigenvalue weighted by Crippen LogP contribution is -2.05. The van der Waals surface area contributed by atoms with Crippen LogP contribution in [0.2, 0.25) is 5.02 Å². The number of rotatable bonds is 3. The molecule has 2 aromatic carbocycles. The lowest BCUT2D eigenvalue weighted by molar-refractivity contribution is 0.631. The number of hydrogen-bond acceptors (Lipinski definition) is 1. The van der Waals surface area contributed by atoms with E-state index in [9.17, 15) is 4.39 Å². The van der Waals surface area contributed by atoms with E-state index in [1.54, 1.807) is 6.07 Å². The van der Waals surface area contributed by atoms with Crippen molar-refractivity contribution < 1.29 is 4.39 Å². The molecule has 0 fully saturated rings. The van der Waals surface area contributed by atoms with Crippen molar-refractivity contribution in [3.8, 4) is 11.1 Å². The molecule has 0 saturated carbocycles. The lowest BCUT2D eigenvalue weighted by atomic mass is 10.0. The minimum Gasteiger partial charge on any atom is -0.316 e. The molecule has 0 heterocycles. The first kappa shape index (κ1) is 13.1. The number of halogens is 2. The van der Waals surface area contributed by atoms with Gasteiger partial charge in [-0.05, 0) is 49.4 Å². The Bertz CT molecular complexity index is 566. The molecule has 0 radical (unpaired) electrons. The van der Waals surface area contributed by atoms with Crippen molar-refractivity contribution in [1.29, 1.82) is 0 Å². The Balaban J connectivity index is 2.50. The van der Waals surface area contributed by atoms with E-state index >= 15 is 0 Å². The van der Waals surface area contributed by atoms with Crippen LogP contribution in [0.1, 0.15) is 11.1 Å². The molecule has 2 aromatic rings. The van der Waals surface area contributed by atoms with Crippen LogP contribution in [0.5, 0.6) is 0 Å². The van der Waals surface area contributed by atoms with Crippen LogP contribution >= 0.6 is 11.6 Å². The van der Waals surface area contributed by atoms with Crippen LogP contribution in [-0.2, 0) is 6.54 Å². The van der Waals surface area contributed by atoms with Crippen molar-refractivity contribution in [2.45, 2.75) is 13.5 Å². The van der Waals surface area contributed by atoms with Crippen LogP contribution in [0.3, 0.4) is 0 Å². The van der Waals surface area contributed by atoms with E-state index in [0.717, 1.165) is 16.7 Å². The molecule has 18 heavy (non-hydrogen) atoms. The summed E-state index contributed by atoms with van der Waals surface area (Å²) in [6, 6.07) is 10.7. The molecule has 1 nitrogen and oxygen atoms in total. The summed E-state index contributed by atoms with van der Waals surface area (Å²) in [6.07, 6.45) is 0. The first-order valence-corrected chi connectivity index (χ1v) is 6.19. The Hall–Kier alpha value is -1.38. The second kappa shape index (κ2) is 5.51. The third-order valence-electron chi connectivity index (χ3n) is 2.85. The maximum absolute atomic E-state index is 13.8. The van der Waals surface area contributed by atoms with Crippen molar-refractivity contribution in [2.24, 2.45) is 0 Å². The van der Waals surface area contributed by atoms with Gasteiger partial charge in [0.1, 0.15) is 5.82 Å². The molecular formula is C15H15ClFN. The van der Waals surface area contributed by atoms with Gasteiger partial charge < -0.3 is 5.32 Å². The molecule has 0 bridgehead atoms. The number of benzene rings is 2. The minimum atomic E-state index is -0.210. The second-order valence-corrected chi connectivity index (χ2v) is 4.73. The first-order chi connectivity index (χ1) is 8.61. The van der Waals surface area contributed by atoms with Gasteiger partial charge >= 0.3 is 0 Å². The summed E-state index contributed by atoms with van der Waals surface area (Å²) < 4.78 is 13.8. The first-order valence-electron chi connectivity index (χ1n) is 5.81. The smallest absolute Gasteiger partial charge is 0.131 e. The highest BCUT2D eigenvalue weighted by Crippen LogP contribution is 2.28. The average Bonchev–Trinajstić information content (AvgIpc) is 2.35. The molecule has 3 heteroatoms. The zero-order valence-electron chi connectivity index (χ0n) is 10.4. The topological polar surface area (TPSA) is 12.0 Å². The van der Waals surface area contributed by atoms with Gasteiger partial charge in [0, 0.05) is 17.1 Å². The molecule has 0 unspecified atom stereocenters. The monoisotopic (exact) mass is 263 g/mol. The Kier molecular flexibility index (Phi) is 4.00. The van der Waals surface area contributed by atoms with Crippen LogP contribution < -0.4 is 5.32 Å². The number of aryl methyl sites for hydroxylation is 1. The fourth-order valence-corrected chi connectivity index (χ4v) is 2.11. The highest BCUT2D eigenvalue weighted by Gasteiger charge is 2.08.